The Labute approximate surface area is 83.2 Å². The van der Waals surface area contributed by atoms with E-state index in [4.69, 9.17) is 0 Å². The van der Waals surface area contributed by atoms with E-state index in [9.17, 15) is 4.79 Å². The Hall–Kier alpha value is -0.590. The van der Waals surface area contributed by atoms with E-state index >= 15 is 0 Å². The molecule has 78 valence electrons. The second-order valence-electron chi connectivity index (χ2n) is 3.24. The van der Waals surface area contributed by atoms with E-state index in [-0.39, 0.29) is 0 Å². The zero-order valence-corrected chi connectivity index (χ0v) is 9.44. The average molecular weight is 184 g/mol. The number of hydrogen-bond acceptors (Lipinski definition) is 1. The molecule has 0 saturated heterocycles. The lowest BCUT2D eigenvalue weighted by atomic mass is 10.2. The number of carbonyl (C=O) groups is 1. The van der Waals surface area contributed by atoms with Gasteiger partial charge in [0.05, 0.1) is 0 Å². The maximum atomic E-state index is 10.2. The van der Waals surface area contributed by atoms with Gasteiger partial charge in [0.15, 0.2) is 0 Å². The van der Waals surface area contributed by atoms with Crippen molar-refractivity contribution in [2.45, 2.75) is 59.3 Å². The number of rotatable bonds is 6. The van der Waals surface area contributed by atoms with Crippen LogP contribution in [0.4, 0.5) is 0 Å². The Bertz CT molecular complexity index is 116. The summed E-state index contributed by atoms with van der Waals surface area (Å²) in [5, 5.41) is 0. The van der Waals surface area contributed by atoms with Crippen LogP contribution in [0, 0.1) is 0 Å². The van der Waals surface area contributed by atoms with Gasteiger partial charge in [-0.05, 0) is 19.8 Å². The minimum atomic E-state index is 0.307. The van der Waals surface area contributed by atoms with Crippen LogP contribution in [0.2, 0.25) is 0 Å². The van der Waals surface area contributed by atoms with Crippen LogP contribution in [-0.2, 0) is 4.79 Å². The minimum Gasteiger partial charge on any atom is -0.300 e. The van der Waals surface area contributed by atoms with Gasteiger partial charge in [0.25, 0.3) is 0 Å². The van der Waals surface area contributed by atoms with Gasteiger partial charge in [-0.1, -0.05) is 39.2 Å². The summed E-state index contributed by atoms with van der Waals surface area (Å²) in [7, 11) is 0. The lowest BCUT2D eigenvalue weighted by Crippen LogP contribution is -1.86. The molecule has 0 heterocycles. The maximum absolute atomic E-state index is 10.2. The van der Waals surface area contributed by atoms with Gasteiger partial charge in [-0.15, -0.1) is 6.58 Å². The fourth-order valence-corrected chi connectivity index (χ4v) is 0.774. The van der Waals surface area contributed by atoms with Crippen LogP contribution in [0.5, 0.6) is 0 Å². The number of ketones is 1. The molecule has 1 heteroatoms. The number of unbranched alkanes of at least 4 members (excludes halogenated alkanes) is 3. The van der Waals surface area contributed by atoms with Gasteiger partial charge in [-0.25, -0.2) is 0 Å². The molecule has 1 nitrogen and oxygen atoms in total. The molecule has 0 N–H and O–H groups in total. The summed E-state index contributed by atoms with van der Waals surface area (Å²) in [4.78, 5) is 10.2. The van der Waals surface area contributed by atoms with Crippen LogP contribution >= 0.6 is 0 Å². The molecule has 0 aromatic carbocycles. The third-order valence-corrected chi connectivity index (χ3v) is 1.64. The smallest absolute Gasteiger partial charge is 0.129 e. The van der Waals surface area contributed by atoms with E-state index in [2.05, 4.69) is 20.4 Å². The van der Waals surface area contributed by atoms with Gasteiger partial charge in [0, 0.05) is 6.42 Å². The first-order valence-corrected chi connectivity index (χ1v) is 5.29. The van der Waals surface area contributed by atoms with Crippen molar-refractivity contribution >= 4 is 5.78 Å². The van der Waals surface area contributed by atoms with Crippen LogP contribution in [-0.4, -0.2) is 5.78 Å². The molecule has 0 aliphatic rings. The molecule has 0 aromatic rings. The Morgan fingerprint density at radius 3 is 1.92 bits per heavy atom. The normalized spacial score (nSPS) is 8.54. The minimum absolute atomic E-state index is 0.307. The highest BCUT2D eigenvalue weighted by atomic mass is 16.1. The number of allylic oxidation sites excluding steroid dienone is 1. The molecule has 0 atom stereocenters. The van der Waals surface area contributed by atoms with Gasteiger partial charge in [0.1, 0.15) is 5.78 Å². The van der Waals surface area contributed by atoms with Crippen molar-refractivity contribution in [3.05, 3.63) is 12.7 Å². The standard InChI is InChI=1S/C6H12O.C6H12/c1-3-4-5-6(2)7;1-3-5-6-4-2/h3-5H2,1-2H3;3H,1,4-6H2,2H3. The summed E-state index contributed by atoms with van der Waals surface area (Å²) in [6.07, 6.45) is 8.65. The van der Waals surface area contributed by atoms with Crippen molar-refractivity contribution < 1.29 is 4.79 Å². The number of carbonyl (C=O) groups excluding carboxylic acids is 1. The number of hydrogen-bond donors (Lipinski definition) is 0. The second kappa shape index (κ2) is 14.0. The Morgan fingerprint density at radius 2 is 1.77 bits per heavy atom. The highest BCUT2D eigenvalue weighted by Gasteiger charge is 1.87. The van der Waals surface area contributed by atoms with Gasteiger partial charge < -0.3 is 4.79 Å². The van der Waals surface area contributed by atoms with E-state index in [0.29, 0.717) is 5.78 Å². The molecule has 0 fully saturated rings. The van der Waals surface area contributed by atoms with Crippen LogP contribution in [0.25, 0.3) is 0 Å². The van der Waals surface area contributed by atoms with Crippen LogP contribution in [0.15, 0.2) is 12.7 Å². The molecular weight excluding hydrogens is 160 g/mol. The molecule has 0 radical (unpaired) electrons. The summed E-state index contributed by atoms with van der Waals surface area (Å²) in [5.74, 6) is 0.307. The molecule has 0 saturated carbocycles. The van der Waals surface area contributed by atoms with Gasteiger partial charge in [-0.2, -0.15) is 0 Å². The van der Waals surface area contributed by atoms with Crippen LogP contribution < -0.4 is 0 Å². The lowest BCUT2D eigenvalue weighted by Gasteiger charge is -1.86. The molecule has 0 amide bonds. The zero-order chi connectivity index (χ0) is 10.5. The van der Waals surface area contributed by atoms with Crippen LogP contribution in [0.3, 0.4) is 0 Å². The summed E-state index contributed by atoms with van der Waals surface area (Å²) in [5.41, 5.74) is 0. The summed E-state index contributed by atoms with van der Waals surface area (Å²) < 4.78 is 0. The highest BCUT2D eigenvalue weighted by molar-refractivity contribution is 5.75. The predicted molar refractivity (Wildman–Crippen MR) is 59.9 cm³/mol. The van der Waals surface area contributed by atoms with Crippen molar-refractivity contribution in [1.29, 1.82) is 0 Å². The SMILES string of the molecule is C=CCCCC.CCCCC(C)=O. The first kappa shape index (κ1) is 14.9. The third kappa shape index (κ3) is 24.6. The third-order valence-electron chi connectivity index (χ3n) is 1.64. The van der Waals surface area contributed by atoms with E-state index < -0.39 is 0 Å². The summed E-state index contributed by atoms with van der Waals surface area (Å²) in [6.45, 7) is 9.50. The molecule has 0 rings (SSSR count). The number of Topliss-reactive ketones (excluding diaryl/α,β-unsaturated/α-hetero) is 1. The average Bonchev–Trinajstić information content (AvgIpc) is 2.12. The largest absolute Gasteiger partial charge is 0.300 e. The Kier molecular flexibility index (Phi) is 16.0. The van der Waals surface area contributed by atoms with E-state index in [1.807, 2.05) is 6.08 Å². The van der Waals surface area contributed by atoms with Crippen molar-refractivity contribution in [2.24, 2.45) is 0 Å². The molecule has 0 aliphatic carbocycles. The quantitative estimate of drug-likeness (QED) is 0.448. The Balaban J connectivity index is 0. The fourth-order valence-electron chi connectivity index (χ4n) is 0.774. The predicted octanol–water partition coefficient (Wildman–Crippen LogP) is 4.13. The van der Waals surface area contributed by atoms with Crippen molar-refractivity contribution in [3.8, 4) is 0 Å². The summed E-state index contributed by atoms with van der Waals surface area (Å²) >= 11 is 0. The molecular formula is C12H24O. The van der Waals surface area contributed by atoms with Crippen molar-refractivity contribution in [1.82, 2.24) is 0 Å². The van der Waals surface area contributed by atoms with Crippen molar-refractivity contribution in [3.63, 3.8) is 0 Å². The van der Waals surface area contributed by atoms with E-state index in [0.717, 1.165) is 19.3 Å². The molecule has 0 bridgehead atoms. The first-order chi connectivity index (χ1) is 6.18. The molecule has 0 aliphatic heterocycles. The first-order valence-electron chi connectivity index (χ1n) is 5.29. The van der Waals surface area contributed by atoms with Crippen molar-refractivity contribution in [2.75, 3.05) is 0 Å². The molecule has 13 heavy (non-hydrogen) atoms. The molecule has 0 spiro atoms. The van der Waals surface area contributed by atoms with E-state index in [1.54, 1.807) is 6.92 Å². The zero-order valence-electron chi connectivity index (χ0n) is 9.44. The molecule has 0 unspecified atom stereocenters. The summed E-state index contributed by atoms with van der Waals surface area (Å²) in [6, 6.07) is 0. The van der Waals surface area contributed by atoms with Gasteiger partial charge in [-0.3, -0.25) is 0 Å². The van der Waals surface area contributed by atoms with Crippen LogP contribution in [0.1, 0.15) is 59.3 Å². The monoisotopic (exact) mass is 184 g/mol. The van der Waals surface area contributed by atoms with E-state index in [1.165, 1.54) is 19.3 Å². The topological polar surface area (TPSA) is 17.1 Å². The second-order valence-corrected chi connectivity index (χ2v) is 3.24. The van der Waals surface area contributed by atoms with Gasteiger partial charge >= 0.3 is 0 Å². The lowest BCUT2D eigenvalue weighted by molar-refractivity contribution is -0.117. The fraction of sp³-hybridized carbons (Fsp3) is 0.750. The Morgan fingerprint density at radius 1 is 1.23 bits per heavy atom. The highest BCUT2D eigenvalue weighted by Crippen LogP contribution is 1.92. The maximum Gasteiger partial charge on any atom is 0.129 e. The van der Waals surface area contributed by atoms with Gasteiger partial charge in [0.2, 0.25) is 0 Å². The molecule has 0 aromatic heterocycles.